The van der Waals surface area contributed by atoms with Crippen molar-refractivity contribution in [1.29, 1.82) is 0 Å². The van der Waals surface area contributed by atoms with Gasteiger partial charge in [0.25, 0.3) is 0 Å². The average molecular weight is 245 g/mol. The summed E-state index contributed by atoms with van der Waals surface area (Å²) in [6.07, 6.45) is 0.919. The zero-order chi connectivity index (χ0) is 12.4. The number of benzene rings is 1. The van der Waals surface area contributed by atoms with Gasteiger partial charge in [-0.15, -0.1) is 11.3 Å². The summed E-state index contributed by atoms with van der Waals surface area (Å²) in [7, 11) is 0. The van der Waals surface area contributed by atoms with Crippen LogP contribution in [0.25, 0.3) is 0 Å². The lowest BCUT2D eigenvalue weighted by molar-refractivity contribution is 0.103. The molecule has 88 valence electrons. The second-order valence-electron chi connectivity index (χ2n) is 3.94. The van der Waals surface area contributed by atoms with Gasteiger partial charge in [0, 0.05) is 10.4 Å². The number of anilines is 1. The second kappa shape index (κ2) is 4.72. The Morgan fingerprint density at radius 2 is 1.94 bits per heavy atom. The van der Waals surface area contributed by atoms with Crippen LogP contribution in [0.15, 0.2) is 30.3 Å². The summed E-state index contributed by atoms with van der Waals surface area (Å²) in [6, 6.07) is 9.28. The van der Waals surface area contributed by atoms with Crippen LogP contribution in [-0.2, 0) is 6.42 Å². The van der Waals surface area contributed by atoms with Gasteiger partial charge in [0.15, 0.2) is 5.78 Å². The third-order valence-corrected chi connectivity index (χ3v) is 4.12. The number of nitrogen functional groups attached to an aromatic ring is 1. The van der Waals surface area contributed by atoms with Crippen molar-refractivity contribution in [1.82, 2.24) is 0 Å². The Balaban J connectivity index is 2.48. The van der Waals surface area contributed by atoms with E-state index in [0.717, 1.165) is 12.0 Å². The Morgan fingerprint density at radius 1 is 1.29 bits per heavy atom. The standard InChI is InChI=1S/C14H15NOS/c1-3-11-9(2)12(14(15)17-11)13(16)10-7-5-4-6-8-10/h4-8H,3,15H2,1-2H3. The first-order valence-corrected chi connectivity index (χ1v) is 6.44. The van der Waals surface area contributed by atoms with Crippen molar-refractivity contribution in [2.24, 2.45) is 0 Å². The molecule has 0 unspecified atom stereocenters. The molecule has 0 amide bonds. The van der Waals surface area contributed by atoms with Gasteiger partial charge in [-0.1, -0.05) is 37.3 Å². The summed E-state index contributed by atoms with van der Waals surface area (Å²) >= 11 is 1.52. The molecule has 2 N–H and O–H groups in total. The molecule has 2 rings (SSSR count). The Kier molecular flexibility index (Phi) is 3.29. The van der Waals surface area contributed by atoms with Crippen LogP contribution in [0.5, 0.6) is 0 Å². The summed E-state index contributed by atoms with van der Waals surface area (Å²) in [5.74, 6) is 0.0246. The van der Waals surface area contributed by atoms with E-state index in [4.69, 9.17) is 5.73 Å². The van der Waals surface area contributed by atoms with Gasteiger partial charge in [0.2, 0.25) is 0 Å². The highest BCUT2D eigenvalue weighted by atomic mass is 32.1. The van der Waals surface area contributed by atoms with E-state index in [1.54, 1.807) is 0 Å². The van der Waals surface area contributed by atoms with Crippen LogP contribution in [0.4, 0.5) is 5.00 Å². The molecule has 0 aliphatic rings. The van der Waals surface area contributed by atoms with Gasteiger partial charge in [-0.2, -0.15) is 0 Å². The third-order valence-electron chi connectivity index (χ3n) is 2.86. The van der Waals surface area contributed by atoms with Gasteiger partial charge in [-0.05, 0) is 18.9 Å². The Hall–Kier alpha value is -1.61. The highest BCUT2D eigenvalue weighted by Crippen LogP contribution is 2.32. The Labute approximate surface area is 105 Å². The molecule has 0 aliphatic carbocycles. The lowest BCUT2D eigenvalue weighted by Crippen LogP contribution is -2.04. The lowest BCUT2D eigenvalue weighted by Gasteiger charge is -2.02. The van der Waals surface area contributed by atoms with Gasteiger partial charge >= 0.3 is 0 Å². The maximum absolute atomic E-state index is 12.3. The number of aryl methyl sites for hydroxylation is 1. The van der Waals surface area contributed by atoms with Gasteiger partial charge in [0.1, 0.15) is 0 Å². The van der Waals surface area contributed by atoms with Crippen molar-refractivity contribution in [3.05, 3.63) is 51.9 Å². The number of thiophene rings is 1. The van der Waals surface area contributed by atoms with Crippen LogP contribution in [0, 0.1) is 6.92 Å². The molecule has 2 nitrogen and oxygen atoms in total. The van der Waals surface area contributed by atoms with Crippen LogP contribution in [0.2, 0.25) is 0 Å². The van der Waals surface area contributed by atoms with Crippen LogP contribution in [0.3, 0.4) is 0 Å². The lowest BCUT2D eigenvalue weighted by atomic mass is 10.0. The first-order valence-electron chi connectivity index (χ1n) is 5.62. The predicted octanol–water partition coefficient (Wildman–Crippen LogP) is 3.43. The van der Waals surface area contributed by atoms with Crippen molar-refractivity contribution in [2.75, 3.05) is 5.73 Å². The molecule has 0 aliphatic heterocycles. The summed E-state index contributed by atoms with van der Waals surface area (Å²) in [6.45, 7) is 4.05. The maximum atomic E-state index is 12.3. The molecule has 0 bridgehead atoms. The van der Waals surface area contributed by atoms with Crippen molar-refractivity contribution >= 4 is 22.1 Å². The van der Waals surface area contributed by atoms with Gasteiger partial charge in [-0.3, -0.25) is 4.79 Å². The Bertz CT molecular complexity index is 543. The zero-order valence-corrected chi connectivity index (χ0v) is 10.8. The molecule has 1 aromatic heterocycles. The van der Waals surface area contributed by atoms with Gasteiger partial charge < -0.3 is 5.73 Å². The average Bonchev–Trinajstić information content (AvgIpc) is 2.64. The van der Waals surface area contributed by atoms with Crippen LogP contribution in [-0.4, -0.2) is 5.78 Å². The minimum absolute atomic E-state index is 0.0246. The number of hydrogen-bond acceptors (Lipinski definition) is 3. The largest absolute Gasteiger partial charge is 0.390 e. The zero-order valence-electron chi connectivity index (χ0n) is 9.99. The topological polar surface area (TPSA) is 43.1 Å². The van der Waals surface area contributed by atoms with Crippen molar-refractivity contribution < 1.29 is 4.79 Å². The molecule has 3 heteroatoms. The normalized spacial score (nSPS) is 10.5. The fraction of sp³-hybridized carbons (Fsp3) is 0.214. The molecule has 0 saturated carbocycles. The first-order chi connectivity index (χ1) is 8.15. The number of rotatable bonds is 3. The smallest absolute Gasteiger partial charge is 0.196 e. The fourth-order valence-electron chi connectivity index (χ4n) is 1.94. The quantitative estimate of drug-likeness (QED) is 0.842. The van der Waals surface area contributed by atoms with E-state index in [1.807, 2.05) is 37.3 Å². The van der Waals surface area contributed by atoms with E-state index in [9.17, 15) is 4.79 Å². The molecule has 0 radical (unpaired) electrons. The van der Waals surface area contributed by atoms with E-state index in [2.05, 4.69) is 6.92 Å². The van der Waals surface area contributed by atoms with Gasteiger partial charge in [0.05, 0.1) is 10.6 Å². The number of nitrogens with two attached hydrogens (primary N) is 1. The van der Waals surface area contributed by atoms with E-state index < -0.39 is 0 Å². The highest BCUT2D eigenvalue weighted by Gasteiger charge is 2.19. The summed E-state index contributed by atoms with van der Waals surface area (Å²) in [4.78, 5) is 13.5. The number of carbonyl (C=O) groups excluding carboxylic acids is 1. The summed E-state index contributed by atoms with van der Waals surface area (Å²) in [5, 5.41) is 0.633. The second-order valence-corrected chi connectivity index (χ2v) is 5.07. The van der Waals surface area contributed by atoms with Crippen LogP contribution < -0.4 is 5.73 Å². The molecule has 1 heterocycles. The highest BCUT2D eigenvalue weighted by molar-refractivity contribution is 7.16. The molecular formula is C14H15NOS. The van der Waals surface area contributed by atoms with Crippen LogP contribution in [0.1, 0.15) is 33.3 Å². The minimum Gasteiger partial charge on any atom is -0.390 e. The maximum Gasteiger partial charge on any atom is 0.196 e. The van der Waals surface area contributed by atoms with E-state index in [-0.39, 0.29) is 5.78 Å². The number of hydrogen-bond donors (Lipinski definition) is 1. The summed E-state index contributed by atoms with van der Waals surface area (Å²) in [5.41, 5.74) is 8.36. The molecule has 0 saturated heterocycles. The molecule has 17 heavy (non-hydrogen) atoms. The van der Waals surface area contributed by atoms with Gasteiger partial charge in [-0.25, -0.2) is 0 Å². The van der Waals surface area contributed by atoms with E-state index >= 15 is 0 Å². The fourth-order valence-corrected chi connectivity index (χ4v) is 2.95. The molecule has 0 atom stereocenters. The number of carbonyl (C=O) groups is 1. The SMILES string of the molecule is CCc1sc(N)c(C(=O)c2ccccc2)c1C. The molecule has 0 spiro atoms. The van der Waals surface area contributed by atoms with Crippen molar-refractivity contribution in [2.45, 2.75) is 20.3 Å². The molecule has 1 aromatic carbocycles. The Morgan fingerprint density at radius 3 is 2.47 bits per heavy atom. The summed E-state index contributed by atoms with van der Waals surface area (Å²) < 4.78 is 0. The van der Waals surface area contributed by atoms with E-state index in [1.165, 1.54) is 16.2 Å². The molecule has 0 fully saturated rings. The first kappa shape index (κ1) is 11.9. The van der Waals surface area contributed by atoms with Crippen molar-refractivity contribution in [3.63, 3.8) is 0 Å². The third kappa shape index (κ3) is 2.11. The minimum atomic E-state index is 0.0246. The van der Waals surface area contributed by atoms with E-state index in [0.29, 0.717) is 16.1 Å². The molecule has 2 aromatic rings. The van der Waals surface area contributed by atoms with Crippen molar-refractivity contribution in [3.8, 4) is 0 Å². The predicted molar refractivity (Wildman–Crippen MR) is 72.7 cm³/mol. The van der Waals surface area contributed by atoms with Crippen LogP contribution >= 0.6 is 11.3 Å². The molecular weight excluding hydrogens is 230 g/mol. The monoisotopic (exact) mass is 245 g/mol. The number of ketones is 1.